The molecule has 0 atom stereocenters. The van der Waals surface area contributed by atoms with Crippen LogP contribution in [0.3, 0.4) is 0 Å². The first-order valence-electron chi connectivity index (χ1n) is 10.0. The summed E-state index contributed by atoms with van der Waals surface area (Å²) in [5.41, 5.74) is 1.78. The third-order valence-corrected chi connectivity index (χ3v) is 4.82. The number of anilines is 1. The number of fused-ring (bicyclic) bond motifs is 3. The van der Waals surface area contributed by atoms with E-state index in [0.29, 0.717) is 59.4 Å². The second kappa shape index (κ2) is 9.15. The molecule has 0 aliphatic carbocycles. The van der Waals surface area contributed by atoms with E-state index in [2.05, 4.69) is 34.3 Å². The maximum absolute atomic E-state index is 14.2. The zero-order valence-corrected chi connectivity index (χ0v) is 17.5. The Kier molecular flexibility index (Phi) is 6.61. The van der Waals surface area contributed by atoms with Crippen molar-refractivity contribution in [2.24, 2.45) is 5.92 Å². The number of carbonyl (C=O) groups excluding carboxylic acids is 1. The van der Waals surface area contributed by atoms with Crippen LogP contribution in [-0.4, -0.2) is 39.0 Å². The lowest BCUT2D eigenvalue weighted by Gasteiger charge is -2.11. The third kappa shape index (κ3) is 4.81. The highest BCUT2D eigenvalue weighted by Crippen LogP contribution is 2.27. The lowest BCUT2D eigenvalue weighted by atomic mass is 10.0. The Morgan fingerprint density at radius 1 is 1.24 bits per heavy atom. The molecule has 0 radical (unpaired) electrons. The van der Waals surface area contributed by atoms with Gasteiger partial charge in [0, 0.05) is 31.5 Å². The Balaban J connectivity index is 1.69. The minimum absolute atomic E-state index is 0.154. The molecule has 1 N–H and O–H groups in total. The Hall–Kier alpha value is -2.77. The molecular weight excluding hydrogens is 373 g/mol. The number of ketones is 1. The van der Waals surface area contributed by atoms with Gasteiger partial charge in [-0.05, 0) is 25.7 Å². The van der Waals surface area contributed by atoms with Gasteiger partial charge in [0.05, 0.1) is 18.1 Å². The first-order valence-corrected chi connectivity index (χ1v) is 10.0. The number of nitrogens with one attached hydrogen (secondary N) is 1. The number of carbonyl (C=O) groups is 1. The van der Waals surface area contributed by atoms with Crippen LogP contribution >= 0.6 is 0 Å². The van der Waals surface area contributed by atoms with E-state index in [0.717, 1.165) is 19.3 Å². The molecule has 0 aliphatic heterocycles. The summed E-state index contributed by atoms with van der Waals surface area (Å²) in [6.07, 6.45) is 4.05. The van der Waals surface area contributed by atoms with Gasteiger partial charge in [0.25, 0.3) is 0 Å². The predicted octanol–water partition coefficient (Wildman–Crippen LogP) is 4.32. The normalized spacial score (nSPS) is 11.5. The Morgan fingerprint density at radius 3 is 2.76 bits per heavy atom. The zero-order valence-electron chi connectivity index (χ0n) is 17.5. The van der Waals surface area contributed by atoms with Crippen molar-refractivity contribution in [3.05, 3.63) is 23.8 Å². The maximum atomic E-state index is 14.2. The quantitative estimate of drug-likeness (QED) is 0.510. The number of aryl methyl sites for hydroxylation is 1. The lowest BCUT2D eigenvalue weighted by molar-refractivity contribution is -0.119. The van der Waals surface area contributed by atoms with E-state index in [4.69, 9.17) is 4.74 Å². The van der Waals surface area contributed by atoms with E-state index in [9.17, 15) is 9.18 Å². The van der Waals surface area contributed by atoms with E-state index in [1.54, 1.807) is 6.07 Å². The molecule has 0 aliphatic rings. The van der Waals surface area contributed by atoms with Crippen LogP contribution in [-0.2, 0) is 4.79 Å². The summed E-state index contributed by atoms with van der Waals surface area (Å²) in [6, 6.07) is 2.97. The van der Waals surface area contributed by atoms with Crippen LogP contribution in [0.5, 0.6) is 5.75 Å². The molecule has 0 bridgehead atoms. The fourth-order valence-electron chi connectivity index (χ4n) is 3.44. The number of Topliss-reactive ketones (excluding diaryl/α,β-unsaturated/α-hetero) is 1. The number of aromatic nitrogens is 4. The highest BCUT2D eigenvalue weighted by Gasteiger charge is 2.16. The molecule has 1 aromatic carbocycles. The fourth-order valence-corrected chi connectivity index (χ4v) is 3.44. The topological polar surface area (TPSA) is 81.4 Å². The Morgan fingerprint density at radius 2 is 2.03 bits per heavy atom. The number of halogens is 1. The van der Waals surface area contributed by atoms with E-state index in [-0.39, 0.29) is 5.75 Å². The van der Waals surface area contributed by atoms with Crippen molar-refractivity contribution in [3.63, 3.8) is 0 Å². The van der Waals surface area contributed by atoms with Crippen LogP contribution in [0.2, 0.25) is 0 Å². The first kappa shape index (κ1) is 21.0. The molecule has 0 unspecified atom stereocenters. The van der Waals surface area contributed by atoms with E-state index in [1.807, 2.05) is 11.3 Å². The van der Waals surface area contributed by atoms with Gasteiger partial charge in [0.2, 0.25) is 5.65 Å². The molecule has 0 saturated heterocycles. The van der Waals surface area contributed by atoms with Crippen LogP contribution in [0, 0.1) is 18.7 Å². The molecule has 156 valence electrons. The number of hydrogen-bond donors (Lipinski definition) is 1. The van der Waals surface area contributed by atoms with E-state index in [1.165, 1.54) is 13.2 Å². The van der Waals surface area contributed by atoms with Crippen LogP contribution in [0.4, 0.5) is 10.2 Å². The second-order valence-electron chi connectivity index (χ2n) is 7.72. The summed E-state index contributed by atoms with van der Waals surface area (Å²) in [4.78, 5) is 16.3. The second-order valence-corrected chi connectivity index (χ2v) is 7.72. The summed E-state index contributed by atoms with van der Waals surface area (Å²) < 4.78 is 21.1. The lowest BCUT2D eigenvalue weighted by Crippen LogP contribution is -2.08. The van der Waals surface area contributed by atoms with Crippen LogP contribution < -0.4 is 10.1 Å². The van der Waals surface area contributed by atoms with Gasteiger partial charge in [-0.3, -0.25) is 9.20 Å². The number of methoxy groups -OCH3 is 1. The summed E-state index contributed by atoms with van der Waals surface area (Å²) in [5, 5.41) is 11.7. The molecule has 7 nitrogen and oxygen atoms in total. The monoisotopic (exact) mass is 401 g/mol. The van der Waals surface area contributed by atoms with Gasteiger partial charge >= 0.3 is 0 Å². The summed E-state index contributed by atoms with van der Waals surface area (Å²) >= 11 is 0. The summed E-state index contributed by atoms with van der Waals surface area (Å²) in [7, 11) is 1.43. The minimum Gasteiger partial charge on any atom is -0.494 e. The average molecular weight is 401 g/mol. The number of benzene rings is 1. The highest BCUT2D eigenvalue weighted by atomic mass is 19.1. The standard InChI is InChI=1S/C21H28FN5O2/c1-13(2)10-15(28)8-6-5-7-9-23-20-21-26-25-14(3)27(21)18-12-19(29-4)16(22)11-17(18)24-20/h11-13H,5-10H2,1-4H3,(H,23,24). The molecular formula is C21H28FN5O2. The van der Waals surface area contributed by atoms with Crippen molar-refractivity contribution in [1.29, 1.82) is 0 Å². The molecule has 2 heterocycles. The third-order valence-electron chi connectivity index (χ3n) is 4.82. The van der Waals surface area contributed by atoms with E-state index >= 15 is 0 Å². The number of ether oxygens (including phenoxy) is 1. The average Bonchev–Trinajstić information content (AvgIpc) is 3.05. The van der Waals surface area contributed by atoms with Gasteiger partial charge < -0.3 is 10.1 Å². The Labute approximate surface area is 169 Å². The van der Waals surface area contributed by atoms with Gasteiger partial charge in [-0.25, -0.2) is 9.37 Å². The smallest absolute Gasteiger partial charge is 0.204 e. The van der Waals surface area contributed by atoms with Crippen molar-refractivity contribution in [1.82, 2.24) is 19.6 Å². The van der Waals surface area contributed by atoms with Crippen LogP contribution in [0.25, 0.3) is 16.7 Å². The van der Waals surface area contributed by atoms with Gasteiger partial charge in [0.15, 0.2) is 17.4 Å². The van der Waals surface area contributed by atoms with Crippen molar-refractivity contribution >= 4 is 28.3 Å². The van der Waals surface area contributed by atoms with Crippen LogP contribution in [0.1, 0.15) is 51.8 Å². The number of rotatable bonds is 10. The molecule has 8 heteroatoms. The maximum Gasteiger partial charge on any atom is 0.204 e. The van der Waals surface area contributed by atoms with Crippen molar-refractivity contribution in [2.45, 2.75) is 52.9 Å². The SMILES string of the molecule is COc1cc2c(cc1F)nc(NCCCCCC(=O)CC(C)C)c1nnc(C)n12. The van der Waals surface area contributed by atoms with Crippen LogP contribution in [0.15, 0.2) is 12.1 Å². The van der Waals surface area contributed by atoms with Gasteiger partial charge in [-0.2, -0.15) is 0 Å². The minimum atomic E-state index is -0.463. The zero-order chi connectivity index (χ0) is 21.0. The molecule has 2 aromatic heterocycles. The molecule has 29 heavy (non-hydrogen) atoms. The van der Waals surface area contributed by atoms with E-state index < -0.39 is 5.82 Å². The number of unbranched alkanes of at least 4 members (excludes halogenated alkanes) is 2. The molecule has 0 saturated carbocycles. The van der Waals surface area contributed by atoms with Gasteiger partial charge in [-0.15, -0.1) is 10.2 Å². The first-order chi connectivity index (χ1) is 13.9. The molecule has 0 amide bonds. The predicted molar refractivity (Wildman–Crippen MR) is 111 cm³/mol. The summed E-state index contributed by atoms with van der Waals surface area (Å²) in [5.74, 6) is 1.70. The number of hydrogen-bond acceptors (Lipinski definition) is 6. The van der Waals surface area contributed by atoms with Crippen molar-refractivity contribution in [3.8, 4) is 5.75 Å². The largest absolute Gasteiger partial charge is 0.494 e. The molecule has 0 fully saturated rings. The van der Waals surface area contributed by atoms with Crippen molar-refractivity contribution < 1.29 is 13.9 Å². The van der Waals surface area contributed by atoms with Crippen molar-refractivity contribution in [2.75, 3.05) is 19.0 Å². The van der Waals surface area contributed by atoms with Gasteiger partial charge in [-0.1, -0.05) is 20.3 Å². The molecule has 0 spiro atoms. The Bertz CT molecular complexity index is 1020. The molecule has 3 aromatic rings. The highest BCUT2D eigenvalue weighted by molar-refractivity contribution is 5.84. The van der Waals surface area contributed by atoms with Gasteiger partial charge in [0.1, 0.15) is 11.6 Å². The number of nitrogens with zero attached hydrogens (tertiary/aromatic N) is 4. The fraction of sp³-hybridized carbons (Fsp3) is 0.524. The summed E-state index contributed by atoms with van der Waals surface area (Å²) in [6.45, 7) is 6.66. The molecule has 3 rings (SSSR count).